The number of benzene rings is 2. The molecule has 2 aromatic carbocycles. The second-order valence-electron chi connectivity index (χ2n) is 12.4. The molecule has 208 valence electrons. The van der Waals surface area contributed by atoms with Crippen LogP contribution in [-0.4, -0.2) is 53.3 Å². The molecule has 1 N–H and O–H groups in total. The second-order valence-corrected chi connectivity index (χ2v) is 12.8. The maximum absolute atomic E-state index is 11.9. The molecular weight excluding hydrogens is 506 g/mol. The quantitative estimate of drug-likeness (QED) is 0.341. The number of halogens is 1. The monoisotopic (exact) mass is 547 g/mol. The molecular formula is C33H42ClN3O2. The second kappa shape index (κ2) is 11.2. The van der Waals surface area contributed by atoms with Gasteiger partial charge in [-0.3, -0.25) is 0 Å². The van der Waals surface area contributed by atoms with Crippen LogP contribution in [0.5, 0.6) is 0 Å². The molecule has 6 rings (SSSR count). The minimum Gasteiger partial charge on any atom is -0.478 e. The predicted molar refractivity (Wildman–Crippen MR) is 161 cm³/mol. The highest BCUT2D eigenvalue weighted by atomic mass is 35.5. The first kappa shape index (κ1) is 26.7. The Morgan fingerprint density at radius 1 is 0.974 bits per heavy atom. The van der Waals surface area contributed by atoms with Crippen LogP contribution in [0.3, 0.4) is 0 Å². The topological polar surface area (TPSA) is 48.7 Å². The molecule has 1 unspecified atom stereocenters. The molecule has 0 amide bonds. The zero-order chi connectivity index (χ0) is 27.1. The molecule has 39 heavy (non-hydrogen) atoms. The van der Waals surface area contributed by atoms with Crippen molar-refractivity contribution in [3.05, 3.63) is 52.5 Å². The number of anilines is 1. The van der Waals surface area contributed by atoms with Crippen molar-refractivity contribution in [2.45, 2.75) is 71.3 Å². The highest BCUT2D eigenvalue weighted by Gasteiger charge is 2.31. The SMILES string of the molecule is CC(C)C1CCCN(CCN2CCn3c(c(C4CCCCC4)c4ccc(C(=O)O)cc43)-c3ccc(Cl)cc32)C1. The largest absolute Gasteiger partial charge is 0.478 e. The summed E-state index contributed by atoms with van der Waals surface area (Å²) in [5, 5.41) is 11.8. The molecule has 0 bridgehead atoms. The Labute approximate surface area is 237 Å². The van der Waals surface area contributed by atoms with Gasteiger partial charge in [0.05, 0.1) is 11.3 Å². The number of hydrogen-bond acceptors (Lipinski definition) is 3. The van der Waals surface area contributed by atoms with Crippen molar-refractivity contribution in [3.8, 4) is 11.3 Å². The fraction of sp³-hybridized carbons (Fsp3) is 0.545. The van der Waals surface area contributed by atoms with Gasteiger partial charge in [-0.1, -0.05) is 50.8 Å². The van der Waals surface area contributed by atoms with Crippen molar-refractivity contribution < 1.29 is 9.90 Å². The molecule has 0 spiro atoms. The molecule has 3 heterocycles. The number of fused-ring (bicyclic) bond motifs is 5. The zero-order valence-corrected chi connectivity index (χ0v) is 24.2. The highest BCUT2D eigenvalue weighted by molar-refractivity contribution is 6.31. The number of nitrogens with zero attached hydrogens (tertiary/aromatic N) is 3. The molecule has 5 nitrogen and oxygen atoms in total. The lowest BCUT2D eigenvalue weighted by atomic mass is 9.81. The normalized spacial score (nSPS) is 20.7. The van der Waals surface area contributed by atoms with Gasteiger partial charge in [0.15, 0.2) is 0 Å². The lowest BCUT2D eigenvalue weighted by Crippen LogP contribution is -2.42. The third kappa shape index (κ3) is 5.20. The van der Waals surface area contributed by atoms with E-state index in [9.17, 15) is 9.90 Å². The van der Waals surface area contributed by atoms with Crippen LogP contribution in [0.15, 0.2) is 36.4 Å². The molecule has 3 aromatic rings. The van der Waals surface area contributed by atoms with Gasteiger partial charge in [0.2, 0.25) is 0 Å². The Kier molecular flexibility index (Phi) is 7.65. The first-order valence-electron chi connectivity index (χ1n) is 15.1. The zero-order valence-electron chi connectivity index (χ0n) is 23.5. The molecule has 2 fully saturated rings. The number of piperidine rings is 1. The number of carboxylic acids is 1. The average molecular weight is 548 g/mol. The first-order valence-corrected chi connectivity index (χ1v) is 15.4. The van der Waals surface area contributed by atoms with Gasteiger partial charge in [0.1, 0.15) is 0 Å². The third-order valence-electron chi connectivity index (χ3n) is 9.68. The standard InChI is InChI=1S/C33H42ClN3O2/c1-22(2)25-9-6-14-35(21-25)15-16-36-17-18-37-30-19-24(33(38)39)10-12-27(30)31(23-7-4-3-5-8-23)32(37)28-13-11-26(34)20-29(28)36/h10-13,19-20,22-23,25H,3-9,14-18,21H2,1-2H3,(H,38,39). The highest BCUT2D eigenvalue weighted by Crippen LogP contribution is 2.48. The molecule has 1 atom stereocenters. The average Bonchev–Trinajstić information content (AvgIpc) is 3.18. The van der Waals surface area contributed by atoms with Crippen LogP contribution < -0.4 is 4.90 Å². The minimum absolute atomic E-state index is 0.361. The summed E-state index contributed by atoms with van der Waals surface area (Å²) in [5.41, 5.74) is 6.58. The number of aromatic carboxylic acids is 1. The molecule has 1 aromatic heterocycles. The number of carbonyl (C=O) groups is 1. The van der Waals surface area contributed by atoms with Crippen molar-refractivity contribution in [1.82, 2.24) is 9.47 Å². The molecule has 1 saturated carbocycles. The van der Waals surface area contributed by atoms with E-state index in [4.69, 9.17) is 11.6 Å². The summed E-state index contributed by atoms with van der Waals surface area (Å²) in [4.78, 5) is 17.1. The van der Waals surface area contributed by atoms with Gasteiger partial charge in [0.25, 0.3) is 0 Å². The summed E-state index contributed by atoms with van der Waals surface area (Å²) in [7, 11) is 0. The summed E-state index contributed by atoms with van der Waals surface area (Å²) in [5.74, 6) is 1.16. The Bertz CT molecular complexity index is 1360. The van der Waals surface area contributed by atoms with Crippen LogP contribution in [0.1, 0.15) is 80.6 Å². The van der Waals surface area contributed by atoms with Crippen molar-refractivity contribution >= 4 is 34.2 Å². The number of rotatable bonds is 6. The maximum atomic E-state index is 11.9. The minimum atomic E-state index is -0.865. The number of hydrogen-bond donors (Lipinski definition) is 1. The number of likely N-dealkylation sites (tertiary alicyclic amines) is 1. The van der Waals surface area contributed by atoms with Crippen LogP contribution >= 0.6 is 11.6 Å². The van der Waals surface area contributed by atoms with Gasteiger partial charge in [-0.2, -0.15) is 0 Å². The van der Waals surface area contributed by atoms with E-state index in [0.717, 1.165) is 48.6 Å². The summed E-state index contributed by atoms with van der Waals surface area (Å²) >= 11 is 6.64. The fourth-order valence-electron chi connectivity index (χ4n) is 7.48. The van der Waals surface area contributed by atoms with E-state index in [-0.39, 0.29) is 0 Å². The van der Waals surface area contributed by atoms with Crippen molar-refractivity contribution in [3.63, 3.8) is 0 Å². The Hall–Kier alpha value is -2.50. The van der Waals surface area contributed by atoms with Crippen molar-refractivity contribution in [2.75, 3.05) is 37.6 Å². The molecule has 2 aliphatic heterocycles. The lowest BCUT2D eigenvalue weighted by Gasteiger charge is -2.36. The van der Waals surface area contributed by atoms with Crippen LogP contribution in [0, 0.1) is 11.8 Å². The first-order chi connectivity index (χ1) is 18.9. The Morgan fingerprint density at radius 3 is 2.56 bits per heavy atom. The van der Waals surface area contributed by atoms with Gasteiger partial charge in [-0.15, -0.1) is 0 Å². The Morgan fingerprint density at radius 2 is 1.79 bits per heavy atom. The molecule has 6 heteroatoms. The molecule has 1 aliphatic carbocycles. The summed E-state index contributed by atoms with van der Waals surface area (Å²) < 4.78 is 2.42. The van der Waals surface area contributed by atoms with E-state index < -0.39 is 5.97 Å². The van der Waals surface area contributed by atoms with E-state index >= 15 is 0 Å². The van der Waals surface area contributed by atoms with E-state index in [1.165, 1.54) is 85.9 Å². The summed E-state index contributed by atoms with van der Waals surface area (Å²) in [6, 6.07) is 12.1. The van der Waals surface area contributed by atoms with E-state index in [0.29, 0.717) is 11.5 Å². The summed E-state index contributed by atoms with van der Waals surface area (Å²) in [6.45, 7) is 10.9. The maximum Gasteiger partial charge on any atom is 0.335 e. The van der Waals surface area contributed by atoms with Gasteiger partial charge in [0, 0.05) is 59.9 Å². The fourth-order valence-corrected chi connectivity index (χ4v) is 7.64. The van der Waals surface area contributed by atoms with Gasteiger partial charge < -0.3 is 19.5 Å². The van der Waals surface area contributed by atoms with E-state index in [2.05, 4.69) is 46.4 Å². The van der Waals surface area contributed by atoms with E-state index in [1.54, 1.807) is 6.07 Å². The predicted octanol–water partition coefficient (Wildman–Crippen LogP) is 7.90. The van der Waals surface area contributed by atoms with Crippen molar-refractivity contribution in [1.29, 1.82) is 0 Å². The van der Waals surface area contributed by atoms with Crippen LogP contribution in [0.4, 0.5) is 5.69 Å². The number of carboxylic acid groups (broad SMARTS) is 1. The van der Waals surface area contributed by atoms with Crippen LogP contribution in [-0.2, 0) is 6.54 Å². The molecule has 3 aliphatic rings. The van der Waals surface area contributed by atoms with E-state index in [1.807, 2.05) is 12.1 Å². The third-order valence-corrected chi connectivity index (χ3v) is 9.92. The van der Waals surface area contributed by atoms with Crippen LogP contribution in [0.25, 0.3) is 22.2 Å². The lowest BCUT2D eigenvalue weighted by molar-refractivity contribution is 0.0697. The summed E-state index contributed by atoms with van der Waals surface area (Å²) in [6.07, 6.45) is 8.87. The van der Waals surface area contributed by atoms with Gasteiger partial charge in [-0.25, -0.2) is 4.79 Å². The number of aromatic nitrogens is 1. The molecule has 0 radical (unpaired) electrons. The van der Waals surface area contributed by atoms with Crippen molar-refractivity contribution in [2.24, 2.45) is 11.8 Å². The van der Waals surface area contributed by atoms with Gasteiger partial charge >= 0.3 is 5.97 Å². The van der Waals surface area contributed by atoms with Gasteiger partial charge in [-0.05, 0) is 85.9 Å². The Balaban J connectivity index is 1.41. The van der Waals surface area contributed by atoms with Crippen LogP contribution in [0.2, 0.25) is 5.02 Å². The smallest absolute Gasteiger partial charge is 0.335 e. The molecule has 1 saturated heterocycles.